The van der Waals surface area contributed by atoms with E-state index in [2.05, 4.69) is 0 Å². The fourth-order valence-corrected chi connectivity index (χ4v) is 4.65. The molecule has 0 saturated heterocycles. The summed E-state index contributed by atoms with van der Waals surface area (Å²) in [6.45, 7) is 1.51. The van der Waals surface area contributed by atoms with Crippen molar-refractivity contribution in [2.45, 2.75) is 15.2 Å². The summed E-state index contributed by atoms with van der Waals surface area (Å²) in [7, 11) is -3.61. The van der Waals surface area contributed by atoms with Crippen molar-refractivity contribution < 1.29 is 13.5 Å². The monoisotopic (exact) mass is 450 g/mol. The van der Waals surface area contributed by atoms with E-state index in [4.69, 9.17) is 11.6 Å². The molecule has 0 saturated carbocycles. The van der Waals surface area contributed by atoms with Crippen molar-refractivity contribution in [3.8, 4) is 11.1 Å². The topological polar surface area (TPSA) is 54.4 Å². The SMILES string of the molecule is CCS(=O)(=O)[C@@](Cl)(I)[C@H](O)c1ccc(-c2ccccc2)cc1. The van der Waals surface area contributed by atoms with Gasteiger partial charge in [0.2, 0.25) is 2.21 Å². The Morgan fingerprint density at radius 2 is 1.59 bits per heavy atom. The third kappa shape index (κ3) is 3.48. The fraction of sp³-hybridized carbons (Fsp3) is 0.250. The summed E-state index contributed by atoms with van der Waals surface area (Å²) in [5.41, 5.74) is 2.51. The number of alkyl halides is 2. The molecule has 0 fully saturated rings. The van der Waals surface area contributed by atoms with E-state index in [0.29, 0.717) is 5.56 Å². The largest absolute Gasteiger partial charge is 0.385 e. The maximum Gasteiger partial charge on any atom is 0.225 e. The first-order valence-corrected chi connectivity index (χ1v) is 9.84. The lowest BCUT2D eigenvalue weighted by Crippen LogP contribution is -2.34. The predicted molar refractivity (Wildman–Crippen MR) is 98.9 cm³/mol. The molecular formula is C16H16ClIO3S. The molecule has 2 aromatic rings. The zero-order valence-electron chi connectivity index (χ0n) is 11.9. The maximum atomic E-state index is 12.0. The van der Waals surface area contributed by atoms with Gasteiger partial charge in [-0.2, -0.15) is 0 Å². The molecule has 2 aromatic carbocycles. The molecule has 0 aliphatic rings. The van der Waals surface area contributed by atoms with Crippen LogP contribution >= 0.6 is 34.2 Å². The molecule has 0 amide bonds. The molecule has 22 heavy (non-hydrogen) atoms. The molecule has 0 spiro atoms. The lowest BCUT2D eigenvalue weighted by Gasteiger charge is -2.26. The Labute approximate surface area is 149 Å². The van der Waals surface area contributed by atoms with Crippen molar-refractivity contribution in [2.75, 3.05) is 5.75 Å². The van der Waals surface area contributed by atoms with Gasteiger partial charge in [0.15, 0.2) is 9.84 Å². The number of halogens is 2. The van der Waals surface area contributed by atoms with E-state index in [9.17, 15) is 13.5 Å². The second kappa shape index (κ2) is 6.86. The molecule has 2 atom stereocenters. The third-order valence-corrected chi connectivity index (χ3v) is 8.77. The Morgan fingerprint density at radius 3 is 2.09 bits per heavy atom. The van der Waals surface area contributed by atoms with E-state index in [1.807, 2.05) is 42.5 Å². The fourth-order valence-electron chi connectivity index (χ4n) is 2.05. The van der Waals surface area contributed by atoms with Gasteiger partial charge in [0.25, 0.3) is 0 Å². The van der Waals surface area contributed by atoms with Crippen LogP contribution in [0, 0.1) is 0 Å². The Hall–Kier alpha value is -0.630. The summed E-state index contributed by atoms with van der Waals surface area (Å²) in [5, 5.41) is 10.4. The molecule has 0 aliphatic carbocycles. The number of aliphatic hydroxyl groups is 1. The first-order chi connectivity index (χ1) is 10.3. The number of aliphatic hydroxyl groups excluding tert-OH is 1. The highest BCUT2D eigenvalue weighted by Gasteiger charge is 2.45. The van der Waals surface area contributed by atoms with Crippen molar-refractivity contribution in [1.82, 2.24) is 0 Å². The normalized spacial score (nSPS) is 16.0. The van der Waals surface area contributed by atoms with Crippen molar-refractivity contribution in [3.63, 3.8) is 0 Å². The Morgan fingerprint density at radius 1 is 1.09 bits per heavy atom. The molecular weight excluding hydrogens is 435 g/mol. The van der Waals surface area contributed by atoms with Crippen LogP contribution in [0.1, 0.15) is 18.6 Å². The third-order valence-electron chi connectivity index (χ3n) is 3.45. The van der Waals surface area contributed by atoms with Gasteiger partial charge in [-0.15, -0.1) is 0 Å². The molecule has 0 unspecified atom stereocenters. The Bertz CT molecular complexity index is 728. The van der Waals surface area contributed by atoms with E-state index >= 15 is 0 Å². The van der Waals surface area contributed by atoms with Crippen LogP contribution in [-0.2, 0) is 9.84 Å². The number of benzene rings is 2. The van der Waals surface area contributed by atoms with Crippen molar-refractivity contribution >= 4 is 44.0 Å². The molecule has 0 aromatic heterocycles. The van der Waals surface area contributed by atoms with Gasteiger partial charge in [-0.1, -0.05) is 73.1 Å². The molecule has 0 radical (unpaired) electrons. The number of rotatable bonds is 5. The highest BCUT2D eigenvalue weighted by molar-refractivity contribution is 14.1. The van der Waals surface area contributed by atoms with Crippen LogP contribution in [0.3, 0.4) is 0 Å². The zero-order valence-corrected chi connectivity index (χ0v) is 15.6. The van der Waals surface area contributed by atoms with Crippen LogP contribution in [0.25, 0.3) is 11.1 Å². The predicted octanol–water partition coefficient (Wildman–Crippen LogP) is 4.15. The summed E-state index contributed by atoms with van der Waals surface area (Å²) in [5.74, 6) is -0.126. The minimum Gasteiger partial charge on any atom is -0.385 e. The van der Waals surface area contributed by atoms with Gasteiger partial charge in [0.1, 0.15) is 6.10 Å². The molecule has 1 N–H and O–H groups in total. The Kier molecular flexibility index (Phi) is 5.53. The van der Waals surface area contributed by atoms with Gasteiger partial charge in [-0.3, -0.25) is 0 Å². The van der Waals surface area contributed by atoms with Crippen LogP contribution in [0.2, 0.25) is 0 Å². The summed E-state index contributed by atoms with van der Waals surface area (Å²) >= 11 is 7.71. The minimum absolute atomic E-state index is 0.126. The lowest BCUT2D eigenvalue weighted by molar-refractivity contribution is 0.187. The van der Waals surface area contributed by atoms with E-state index in [1.165, 1.54) is 6.92 Å². The minimum atomic E-state index is -3.61. The quantitative estimate of drug-likeness (QED) is 0.550. The second-order valence-corrected chi connectivity index (χ2v) is 11.2. The van der Waals surface area contributed by atoms with Crippen LogP contribution in [0.4, 0.5) is 0 Å². The molecule has 2 rings (SSSR count). The summed E-state index contributed by atoms with van der Waals surface area (Å²) in [6, 6.07) is 16.9. The van der Waals surface area contributed by atoms with Crippen LogP contribution in [0.5, 0.6) is 0 Å². The lowest BCUT2D eigenvalue weighted by atomic mass is 10.0. The number of hydrogen-bond donors (Lipinski definition) is 1. The van der Waals surface area contributed by atoms with Crippen molar-refractivity contribution in [1.29, 1.82) is 0 Å². The van der Waals surface area contributed by atoms with Crippen molar-refractivity contribution in [3.05, 3.63) is 60.2 Å². The molecule has 3 nitrogen and oxygen atoms in total. The van der Waals surface area contributed by atoms with Gasteiger partial charge in [-0.25, -0.2) is 8.42 Å². The number of sulfone groups is 1. The van der Waals surface area contributed by atoms with Crippen molar-refractivity contribution in [2.24, 2.45) is 0 Å². The van der Waals surface area contributed by atoms with Crippen LogP contribution < -0.4 is 0 Å². The van der Waals surface area contributed by atoms with E-state index in [1.54, 1.807) is 34.7 Å². The van der Waals surface area contributed by atoms with Gasteiger partial charge in [0, 0.05) is 0 Å². The van der Waals surface area contributed by atoms with E-state index in [-0.39, 0.29) is 5.75 Å². The average Bonchev–Trinajstić information content (AvgIpc) is 2.55. The first kappa shape index (κ1) is 17.7. The van der Waals surface area contributed by atoms with Gasteiger partial charge >= 0.3 is 0 Å². The second-order valence-electron chi connectivity index (χ2n) is 4.86. The molecule has 6 heteroatoms. The summed E-state index contributed by atoms with van der Waals surface area (Å²) in [6.07, 6.45) is -1.30. The van der Waals surface area contributed by atoms with E-state index in [0.717, 1.165) is 11.1 Å². The highest BCUT2D eigenvalue weighted by atomic mass is 127. The summed E-state index contributed by atoms with van der Waals surface area (Å²) in [4.78, 5) is 0. The maximum absolute atomic E-state index is 12.0. The molecule has 0 heterocycles. The molecule has 0 bridgehead atoms. The molecule has 118 valence electrons. The summed E-state index contributed by atoms with van der Waals surface area (Å²) < 4.78 is 22.3. The van der Waals surface area contributed by atoms with Gasteiger partial charge in [-0.05, 0) is 39.3 Å². The standard InChI is InChI=1S/C16H16ClIO3S/c1-2-22(20,21)16(17,18)15(19)14-10-8-13(9-11-14)12-6-4-3-5-7-12/h3-11,15,19H,2H2,1H3/t15-,16+/m1/s1. The van der Waals surface area contributed by atoms with Gasteiger partial charge < -0.3 is 5.11 Å². The highest BCUT2D eigenvalue weighted by Crippen LogP contribution is 2.43. The van der Waals surface area contributed by atoms with Gasteiger partial charge in [0.05, 0.1) is 5.75 Å². The number of hydrogen-bond acceptors (Lipinski definition) is 3. The van der Waals surface area contributed by atoms with E-state index < -0.39 is 18.2 Å². The zero-order chi connectivity index (χ0) is 16.4. The first-order valence-electron chi connectivity index (χ1n) is 6.73. The van der Waals surface area contributed by atoms with Crippen LogP contribution in [0.15, 0.2) is 54.6 Å². The Balaban J connectivity index is 2.31. The smallest absolute Gasteiger partial charge is 0.225 e. The van der Waals surface area contributed by atoms with Crippen LogP contribution in [-0.4, -0.2) is 21.5 Å². The average molecular weight is 451 g/mol. The molecule has 0 aliphatic heterocycles.